The van der Waals surface area contributed by atoms with E-state index in [4.69, 9.17) is 10.5 Å². The number of carbonyl (C=O) groups excluding carboxylic acids is 1. The maximum Gasteiger partial charge on any atom is 0.338 e. The molecule has 1 unspecified atom stereocenters. The van der Waals surface area contributed by atoms with Gasteiger partial charge in [0.15, 0.2) is 0 Å². The Kier molecular flexibility index (Phi) is 5.86. The molecule has 1 aromatic carbocycles. The third kappa shape index (κ3) is 4.15. The van der Waals surface area contributed by atoms with Crippen LogP contribution in [0, 0.1) is 5.92 Å². The number of nitrogen functional groups attached to an aromatic ring is 1. The Morgan fingerprint density at radius 2 is 2.00 bits per heavy atom. The van der Waals surface area contributed by atoms with Gasteiger partial charge < -0.3 is 15.4 Å². The van der Waals surface area contributed by atoms with Crippen molar-refractivity contribution >= 4 is 17.3 Å². The van der Waals surface area contributed by atoms with Crippen LogP contribution in [0.5, 0.6) is 0 Å². The molecule has 0 aliphatic carbocycles. The molecule has 1 aromatic rings. The van der Waals surface area contributed by atoms with Gasteiger partial charge in [-0.3, -0.25) is 0 Å². The lowest BCUT2D eigenvalue weighted by Crippen LogP contribution is -2.30. The lowest BCUT2D eigenvalue weighted by Gasteiger charge is -2.29. The molecular formula is C16H26N2O2. The average Bonchev–Trinajstić information content (AvgIpc) is 2.37. The molecule has 0 fully saturated rings. The van der Waals surface area contributed by atoms with Gasteiger partial charge >= 0.3 is 5.97 Å². The van der Waals surface area contributed by atoms with Crippen LogP contribution in [0.4, 0.5) is 11.4 Å². The minimum Gasteiger partial charge on any atom is -0.462 e. The Bertz CT molecular complexity index is 458. The van der Waals surface area contributed by atoms with Gasteiger partial charge in [0.25, 0.3) is 0 Å². The van der Waals surface area contributed by atoms with Crippen molar-refractivity contribution in [2.75, 3.05) is 24.3 Å². The molecule has 0 aliphatic rings. The highest BCUT2D eigenvalue weighted by Gasteiger charge is 2.16. The highest BCUT2D eigenvalue weighted by atomic mass is 16.5. The van der Waals surface area contributed by atoms with Gasteiger partial charge in [0.2, 0.25) is 0 Å². The first-order valence-corrected chi connectivity index (χ1v) is 7.16. The van der Waals surface area contributed by atoms with Crippen molar-refractivity contribution in [3.8, 4) is 0 Å². The second-order valence-corrected chi connectivity index (χ2v) is 5.58. The lowest BCUT2D eigenvalue weighted by molar-refractivity contribution is 0.0526. The third-order valence-corrected chi connectivity index (χ3v) is 3.40. The van der Waals surface area contributed by atoms with E-state index < -0.39 is 0 Å². The van der Waals surface area contributed by atoms with Crippen LogP contribution in [0.1, 0.15) is 44.5 Å². The van der Waals surface area contributed by atoms with E-state index in [1.54, 1.807) is 19.1 Å². The molecule has 4 heteroatoms. The van der Waals surface area contributed by atoms with E-state index in [0.29, 0.717) is 29.8 Å². The van der Waals surface area contributed by atoms with Gasteiger partial charge in [-0.05, 0) is 44.4 Å². The maximum absolute atomic E-state index is 11.8. The number of anilines is 2. The molecule has 0 aromatic heterocycles. The normalized spacial score (nSPS) is 12.3. The number of benzene rings is 1. The van der Waals surface area contributed by atoms with E-state index in [0.717, 1.165) is 12.1 Å². The van der Waals surface area contributed by atoms with Gasteiger partial charge in [-0.2, -0.15) is 0 Å². The predicted molar refractivity (Wildman–Crippen MR) is 84.1 cm³/mol. The number of nitrogens with zero attached hydrogens (tertiary/aromatic N) is 1. The first-order valence-electron chi connectivity index (χ1n) is 7.16. The highest BCUT2D eigenvalue weighted by Crippen LogP contribution is 2.27. The van der Waals surface area contributed by atoms with E-state index in [2.05, 4.69) is 25.7 Å². The molecule has 0 bridgehead atoms. The summed E-state index contributed by atoms with van der Waals surface area (Å²) >= 11 is 0. The molecule has 20 heavy (non-hydrogen) atoms. The molecule has 0 amide bonds. The van der Waals surface area contributed by atoms with Crippen molar-refractivity contribution < 1.29 is 9.53 Å². The van der Waals surface area contributed by atoms with Crippen molar-refractivity contribution in [2.24, 2.45) is 5.92 Å². The van der Waals surface area contributed by atoms with Gasteiger partial charge in [-0.25, -0.2) is 4.79 Å². The SMILES string of the molecule is CCOC(=O)c1ccc(N)c(N(C)C(C)CC(C)C)c1. The summed E-state index contributed by atoms with van der Waals surface area (Å²) in [6.07, 6.45) is 1.07. The molecule has 0 radical (unpaired) electrons. The zero-order valence-electron chi connectivity index (χ0n) is 13.1. The van der Waals surface area contributed by atoms with Crippen molar-refractivity contribution in [2.45, 2.75) is 40.2 Å². The van der Waals surface area contributed by atoms with Gasteiger partial charge in [0.05, 0.1) is 23.5 Å². The fourth-order valence-corrected chi connectivity index (χ4v) is 2.27. The zero-order chi connectivity index (χ0) is 15.3. The molecule has 1 rings (SSSR count). The number of ether oxygens (including phenoxy) is 1. The molecule has 4 nitrogen and oxygen atoms in total. The summed E-state index contributed by atoms with van der Waals surface area (Å²) < 4.78 is 5.03. The summed E-state index contributed by atoms with van der Waals surface area (Å²) in [4.78, 5) is 13.9. The fraction of sp³-hybridized carbons (Fsp3) is 0.562. The zero-order valence-corrected chi connectivity index (χ0v) is 13.1. The Morgan fingerprint density at radius 1 is 1.35 bits per heavy atom. The second kappa shape index (κ2) is 7.17. The Morgan fingerprint density at radius 3 is 2.55 bits per heavy atom. The average molecular weight is 278 g/mol. The maximum atomic E-state index is 11.8. The van der Waals surface area contributed by atoms with E-state index >= 15 is 0 Å². The topological polar surface area (TPSA) is 55.6 Å². The predicted octanol–water partition coefficient (Wildman–Crippen LogP) is 3.32. The summed E-state index contributed by atoms with van der Waals surface area (Å²) in [5, 5.41) is 0. The fourth-order valence-electron chi connectivity index (χ4n) is 2.27. The molecule has 0 saturated carbocycles. The number of carbonyl (C=O) groups is 1. The Labute approximate surface area is 121 Å². The minimum atomic E-state index is -0.307. The molecule has 0 heterocycles. The van der Waals surface area contributed by atoms with Crippen LogP contribution in [0.3, 0.4) is 0 Å². The number of nitrogens with two attached hydrogens (primary N) is 1. The van der Waals surface area contributed by atoms with Gasteiger partial charge in [-0.15, -0.1) is 0 Å². The van der Waals surface area contributed by atoms with Crippen LogP contribution in [0.25, 0.3) is 0 Å². The minimum absolute atomic E-state index is 0.307. The number of rotatable bonds is 6. The van der Waals surface area contributed by atoms with Crippen LogP contribution in [0.15, 0.2) is 18.2 Å². The third-order valence-electron chi connectivity index (χ3n) is 3.40. The quantitative estimate of drug-likeness (QED) is 0.640. The molecule has 0 saturated heterocycles. The van der Waals surface area contributed by atoms with Crippen LogP contribution in [-0.4, -0.2) is 25.7 Å². The van der Waals surface area contributed by atoms with Crippen LogP contribution >= 0.6 is 0 Å². The molecule has 112 valence electrons. The Hall–Kier alpha value is -1.71. The Balaban J connectivity index is 2.98. The van der Waals surface area contributed by atoms with Gasteiger partial charge in [-0.1, -0.05) is 13.8 Å². The highest BCUT2D eigenvalue weighted by molar-refractivity contribution is 5.92. The second-order valence-electron chi connectivity index (χ2n) is 5.58. The molecule has 1 atom stereocenters. The van der Waals surface area contributed by atoms with Crippen molar-refractivity contribution in [1.29, 1.82) is 0 Å². The van der Waals surface area contributed by atoms with Gasteiger partial charge in [0.1, 0.15) is 0 Å². The summed E-state index contributed by atoms with van der Waals surface area (Å²) in [6, 6.07) is 5.64. The summed E-state index contributed by atoms with van der Waals surface area (Å²) in [6.45, 7) is 8.73. The number of hydrogen-bond acceptors (Lipinski definition) is 4. The van der Waals surface area contributed by atoms with Crippen molar-refractivity contribution in [3.05, 3.63) is 23.8 Å². The summed E-state index contributed by atoms with van der Waals surface area (Å²) in [7, 11) is 2.01. The number of hydrogen-bond donors (Lipinski definition) is 1. The van der Waals surface area contributed by atoms with E-state index in [1.807, 2.05) is 13.1 Å². The van der Waals surface area contributed by atoms with Gasteiger partial charge in [0, 0.05) is 13.1 Å². The number of esters is 1. The molecule has 0 aliphatic heterocycles. The summed E-state index contributed by atoms with van der Waals surface area (Å²) in [5.74, 6) is 0.306. The standard InChI is InChI=1S/C16H26N2O2/c1-6-20-16(19)13-7-8-14(17)15(10-13)18(5)12(4)9-11(2)3/h7-8,10-12H,6,9,17H2,1-5H3. The van der Waals surface area contributed by atoms with Crippen LogP contribution in [0.2, 0.25) is 0 Å². The van der Waals surface area contributed by atoms with E-state index in [9.17, 15) is 4.79 Å². The van der Waals surface area contributed by atoms with E-state index in [1.165, 1.54) is 0 Å². The first-order chi connectivity index (χ1) is 9.36. The summed E-state index contributed by atoms with van der Waals surface area (Å²) in [5.41, 5.74) is 8.14. The van der Waals surface area contributed by atoms with Crippen molar-refractivity contribution in [1.82, 2.24) is 0 Å². The smallest absolute Gasteiger partial charge is 0.338 e. The molecule has 0 spiro atoms. The molecule has 2 N–H and O–H groups in total. The van der Waals surface area contributed by atoms with Crippen molar-refractivity contribution in [3.63, 3.8) is 0 Å². The van der Waals surface area contributed by atoms with Crippen LogP contribution < -0.4 is 10.6 Å². The monoisotopic (exact) mass is 278 g/mol. The largest absolute Gasteiger partial charge is 0.462 e. The van der Waals surface area contributed by atoms with Crippen LogP contribution in [-0.2, 0) is 4.74 Å². The molecular weight excluding hydrogens is 252 g/mol. The first kappa shape index (κ1) is 16.3. The lowest BCUT2D eigenvalue weighted by atomic mass is 10.0. The van der Waals surface area contributed by atoms with E-state index in [-0.39, 0.29) is 5.97 Å².